The molecule has 23 heavy (non-hydrogen) atoms. The van der Waals surface area contributed by atoms with E-state index in [0.29, 0.717) is 29.7 Å². The smallest absolute Gasteiger partial charge is 0.248 e. The SMILES string of the molecule is Cc1ccc(Oc2ncnc(NCC3CCCO3)c2N)cc1C. The summed E-state index contributed by atoms with van der Waals surface area (Å²) in [6.07, 6.45) is 3.83. The number of nitrogens with two attached hydrogens (primary N) is 1. The number of aryl methyl sites for hydroxylation is 2. The average molecular weight is 314 g/mol. The predicted molar refractivity (Wildman–Crippen MR) is 89.9 cm³/mol. The van der Waals surface area contributed by atoms with E-state index in [4.69, 9.17) is 15.2 Å². The van der Waals surface area contributed by atoms with Crippen LogP contribution in [0.5, 0.6) is 11.6 Å². The summed E-state index contributed by atoms with van der Waals surface area (Å²) >= 11 is 0. The highest BCUT2D eigenvalue weighted by atomic mass is 16.5. The van der Waals surface area contributed by atoms with E-state index in [0.717, 1.165) is 25.0 Å². The molecule has 0 amide bonds. The van der Waals surface area contributed by atoms with Crippen molar-refractivity contribution in [2.45, 2.75) is 32.8 Å². The molecule has 0 aliphatic carbocycles. The number of ether oxygens (including phenoxy) is 2. The van der Waals surface area contributed by atoms with Crippen molar-refractivity contribution in [1.29, 1.82) is 0 Å². The molecule has 0 radical (unpaired) electrons. The molecule has 1 aliphatic rings. The van der Waals surface area contributed by atoms with E-state index in [2.05, 4.69) is 22.2 Å². The fourth-order valence-corrected chi connectivity index (χ4v) is 2.51. The van der Waals surface area contributed by atoms with Crippen LogP contribution in [0, 0.1) is 13.8 Å². The molecular weight excluding hydrogens is 292 g/mol. The standard InChI is InChI=1S/C17H22N4O2/c1-11-5-6-13(8-12(11)2)23-17-15(18)16(20-10-21-17)19-9-14-4-3-7-22-14/h5-6,8,10,14H,3-4,7,9,18H2,1-2H3,(H,19,20,21). The number of nitrogen functional groups attached to an aromatic ring is 1. The number of anilines is 2. The van der Waals surface area contributed by atoms with Crippen LogP contribution >= 0.6 is 0 Å². The monoisotopic (exact) mass is 314 g/mol. The lowest BCUT2D eigenvalue weighted by atomic mass is 10.1. The summed E-state index contributed by atoms with van der Waals surface area (Å²) in [7, 11) is 0. The molecule has 1 aromatic heterocycles. The van der Waals surface area contributed by atoms with Crippen LogP contribution in [0.25, 0.3) is 0 Å². The van der Waals surface area contributed by atoms with Crippen molar-refractivity contribution in [2.75, 3.05) is 24.2 Å². The van der Waals surface area contributed by atoms with Gasteiger partial charge >= 0.3 is 0 Å². The lowest BCUT2D eigenvalue weighted by Crippen LogP contribution is -2.19. The lowest BCUT2D eigenvalue weighted by molar-refractivity contribution is 0.120. The van der Waals surface area contributed by atoms with Gasteiger partial charge in [0.05, 0.1) is 6.10 Å². The molecule has 1 aromatic carbocycles. The van der Waals surface area contributed by atoms with Crippen molar-refractivity contribution < 1.29 is 9.47 Å². The van der Waals surface area contributed by atoms with Gasteiger partial charge in [0.15, 0.2) is 5.82 Å². The molecule has 0 spiro atoms. The van der Waals surface area contributed by atoms with Gasteiger partial charge in [-0.1, -0.05) is 6.07 Å². The van der Waals surface area contributed by atoms with Gasteiger partial charge in [0.25, 0.3) is 0 Å². The Morgan fingerprint density at radius 1 is 1.30 bits per heavy atom. The van der Waals surface area contributed by atoms with E-state index in [1.54, 1.807) is 0 Å². The number of rotatable bonds is 5. The molecule has 2 heterocycles. The second-order valence-electron chi connectivity index (χ2n) is 5.81. The number of hydrogen-bond donors (Lipinski definition) is 2. The van der Waals surface area contributed by atoms with Crippen molar-refractivity contribution >= 4 is 11.5 Å². The zero-order valence-electron chi connectivity index (χ0n) is 13.5. The quantitative estimate of drug-likeness (QED) is 0.882. The summed E-state index contributed by atoms with van der Waals surface area (Å²) in [5, 5.41) is 3.22. The van der Waals surface area contributed by atoms with Gasteiger partial charge in [-0.05, 0) is 49.9 Å². The molecule has 0 saturated carbocycles. The van der Waals surface area contributed by atoms with Crippen molar-refractivity contribution in [1.82, 2.24) is 9.97 Å². The summed E-state index contributed by atoms with van der Waals surface area (Å²) in [6, 6.07) is 5.89. The minimum atomic E-state index is 0.216. The summed E-state index contributed by atoms with van der Waals surface area (Å²) < 4.78 is 11.4. The van der Waals surface area contributed by atoms with Crippen LogP contribution in [0.1, 0.15) is 24.0 Å². The van der Waals surface area contributed by atoms with Crippen LogP contribution in [-0.4, -0.2) is 29.2 Å². The van der Waals surface area contributed by atoms with E-state index in [1.807, 2.05) is 25.1 Å². The summed E-state index contributed by atoms with van der Waals surface area (Å²) in [5.74, 6) is 1.65. The van der Waals surface area contributed by atoms with Crippen LogP contribution in [0.2, 0.25) is 0 Å². The first-order valence-corrected chi connectivity index (χ1v) is 7.84. The average Bonchev–Trinajstić information content (AvgIpc) is 3.05. The van der Waals surface area contributed by atoms with Gasteiger partial charge < -0.3 is 20.5 Å². The maximum Gasteiger partial charge on any atom is 0.248 e. The Morgan fingerprint density at radius 3 is 2.91 bits per heavy atom. The Hall–Kier alpha value is -2.34. The zero-order valence-corrected chi connectivity index (χ0v) is 13.5. The molecule has 122 valence electrons. The largest absolute Gasteiger partial charge is 0.437 e. The molecule has 0 bridgehead atoms. The molecule has 1 atom stereocenters. The molecule has 1 fully saturated rings. The first kappa shape index (κ1) is 15.6. The van der Waals surface area contributed by atoms with E-state index in [1.165, 1.54) is 11.9 Å². The Bertz CT molecular complexity index is 684. The molecule has 1 aliphatic heterocycles. The maximum absolute atomic E-state index is 6.13. The predicted octanol–water partition coefficient (Wildman–Crippen LogP) is 3.06. The normalized spacial score (nSPS) is 17.2. The van der Waals surface area contributed by atoms with Gasteiger partial charge in [-0.25, -0.2) is 4.98 Å². The number of aromatic nitrogens is 2. The third-order valence-electron chi connectivity index (χ3n) is 4.06. The zero-order chi connectivity index (χ0) is 16.2. The third kappa shape index (κ3) is 3.71. The molecule has 3 N–H and O–H groups in total. The minimum absolute atomic E-state index is 0.216. The van der Waals surface area contributed by atoms with Crippen LogP contribution < -0.4 is 15.8 Å². The summed E-state index contributed by atoms with van der Waals surface area (Å²) in [5.41, 5.74) is 8.91. The van der Waals surface area contributed by atoms with Crippen molar-refractivity contribution in [2.24, 2.45) is 0 Å². The van der Waals surface area contributed by atoms with Gasteiger partial charge in [0.2, 0.25) is 5.88 Å². The van der Waals surface area contributed by atoms with Crippen LogP contribution in [0.15, 0.2) is 24.5 Å². The van der Waals surface area contributed by atoms with Crippen molar-refractivity contribution in [3.8, 4) is 11.6 Å². The molecular formula is C17H22N4O2. The third-order valence-corrected chi connectivity index (χ3v) is 4.06. The minimum Gasteiger partial charge on any atom is -0.437 e. The Balaban J connectivity index is 1.71. The van der Waals surface area contributed by atoms with Crippen LogP contribution in [0.4, 0.5) is 11.5 Å². The molecule has 6 heteroatoms. The van der Waals surface area contributed by atoms with Crippen molar-refractivity contribution in [3.05, 3.63) is 35.7 Å². The van der Waals surface area contributed by atoms with Crippen molar-refractivity contribution in [3.63, 3.8) is 0 Å². The molecule has 2 aromatic rings. The first-order valence-electron chi connectivity index (χ1n) is 7.84. The second kappa shape index (κ2) is 6.83. The topological polar surface area (TPSA) is 82.3 Å². The van der Waals surface area contributed by atoms with Gasteiger partial charge in [-0.3, -0.25) is 0 Å². The highest BCUT2D eigenvalue weighted by Gasteiger charge is 2.17. The fraction of sp³-hybridized carbons (Fsp3) is 0.412. The molecule has 3 rings (SSSR count). The van der Waals surface area contributed by atoms with Crippen LogP contribution in [0.3, 0.4) is 0 Å². The Morgan fingerprint density at radius 2 is 2.17 bits per heavy atom. The summed E-state index contributed by atoms with van der Waals surface area (Å²) in [6.45, 7) is 5.61. The fourth-order valence-electron chi connectivity index (χ4n) is 2.51. The van der Waals surface area contributed by atoms with E-state index < -0.39 is 0 Å². The lowest BCUT2D eigenvalue weighted by Gasteiger charge is -2.14. The Labute approximate surface area is 136 Å². The van der Waals surface area contributed by atoms with Crippen LogP contribution in [-0.2, 0) is 4.74 Å². The van der Waals surface area contributed by atoms with E-state index in [-0.39, 0.29) is 6.10 Å². The summed E-state index contributed by atoms with van der Waals surface area (Å²) in [4.78, 5) is 8.33. The molecule has 6 nitrogen and oxygen atoms in total. The maximum atomic E-state index is 6.13. The Kier molecular flexibility index (Phi) is 4.62. The van der Waals surface area contributed by atoms with Gasteiger partial charge in [-0.2, -0.15) is 4.98 Å². The number of benzene rings is 1. The number of hydrogen-bond acceptors (Lipinski definition) is 6. The van der Waals surface area contributed by atoms with Gasteiger partial charge in [0.1, 0.15) is 17.8 Å². The molecule has 1 saturated heterocycles. The number of nitrogens with one attached hydrogen (secondary N) is 1. The van der Waals surface area contributed by atoms with Gasteiger partial charge in [-0.15, -0.1) is 0 Å². The van der Waals surface area contributed by atoms with E-state index in [9.17, 15) is 0 Å². The van der Waals surface area contributed by atoms with Gasteiger partial charge in [0, 0.05) is 13.2 Å². The second-order valence-corrected chi connectivity index (χ2v) is 5.81. The molecule has 1 unspecified atom stereocenters. The highest BCUT2D eigenvalue weighted by Crippen LogP contribution is 2.30. The van der Waals surface area contributed by atoms with E-state index >= 15 is 0 Å². The first-order chi connectivity index (χ1) is 11.1. The highest BCUT2D eigenvalue weighted by molar-refractivity contribution is 5.67. The number of nitrogens with zero attached hydrogens (tertiary/aromatic N) is 2.